The van der Waals surface area contributed by atoms with Gasteiger partial charge in [0.15, 0.2) is 0 Å². The number of sulfonamides is 1. The molecule has 1 aliphatic heterocycles. The van der Waals surface area contributed by atoms with E-state index < -0.39 is 15.9 Å². The van der Waals surface area contributed by atoms with Crippen LogP contribution in [0.15, 0.2) is 23.1 Å². The Kier molecular flexibility index (Phi) is 3.04. The smallest absolute Gasteiger partial charge is 0.269 e. The molecule has 1 atom stereocenters. The van der Waals surface area contributed by atoms with Gasteiger partial charge in [-0.3, -0.25) is 4.79 Å². The molecule has 2 N–H and O–H groups in total. The Hall–Kier alpha value is -1.60. The van der Waals surface area contributed by atoms with Crippen molar-refractivity contribution in [2.24, 2.45) is 0 Å². The molecule has 1 aliphatic rings. The Bertz CT molecular complexity index is 597. The number of rotatable bonds is 3. The van der Waals surface area contributed by atoms with E-state index in [0.29, 0.717) is 5.69 Å². The number of benzene rings is 1. The van der Waals surface area contributed by atoms with Gasteiger partial charge in [-0.2, -0.15) is 0 Å². The second kappa shape index (κ2) is 4.25. The van der Waals surface area contributed by atoms with Crippen molar-refractivity contribution in [2.75, 3.05) is 19.4 Å². The number of carbonyl (C=O) groups excluding carboxylic acids is 1. The minimum absolute atomic E-state index is 0.00769. The Morgan fingerprint density at radius 2 is 2.11 bits per heavy atom. The number of nitrogens with two attached hydrogens (primary N) is 1. The van der Waals surface area contributed by atoms with Crippen LogP contribution in [-0.4, -0.2) is 38.4 Å². The van der Waals surface area contributed by atoms with Crippen LogP contribution in [0.4, 0.5) is 5.69 Å². The van der Waals surface area contributed by atoms with Gasteiger partial charge < -0.3 is 10.5 Å². The standard InChI is InChI=1S/C11H14N2O4S/c1-7(17-2)6-13-11(14)9-4-3-8(12)5-10(9)18(13,15)16/h3-5,7H,6,12H2,1-2H3. The van der Waals surface area contributed by atoms with Crippen molar-refractivity contribution < 1.29 is 17.9 Å². The number of hydrogen-bond donors (Lipinski definition) is 1. The van der Waals surface area contributed by atoms with E-state index in [4.69, 9.17) is 10.5 Å². The molecule has 0 fully saturated rings. The third kappa shape index (κ3) is 1.85. The van der Waals surface area contributed by atoms with E-state index in [1.54, 1.807) is 6.92 Å². The Labute approximate surface area is 105 Å². The van der Waals surface area contributed by atoms with Crippen molar-refractivity contribution in [3.8, 4) is 0 Å². The third-order valence-electron chi connectivity index (χ3n) is 2.86. The van der Waals surface area contributed by atoms with Crippen LogP contribution >= 0.6 is 0 Å². The first-order valence-corrected chi connectivity index (χ1v) is 6.81. The van der Waals surface area contributed by atoms with Crippen LogP contribution in [0.25, 0.3) is 0 Å². The zero-order valence-electron chi connectivity index (χ0n) is 10.1. The van der Waals surface area contributed by atoms with Gasteiger partial charge in [0.2, 0.25) is 0 Å². The lowest BCUT2D eigenvalue weighted by atomic mass is 10.2. The number of fused-ring (bicyclic) bond motifs is 1. The first-order chi connectivity index (χ1) is 8.37. The van der Waals surface area contributed by atoms with Crippen LogP contribution < -0.4 is 5.73 Å². The first-order valence-electron chi connectivity index (χ1n) is 5.37. The summed E-state index contributed by atoms with van der Waals surface area (Å²) in [6, 6.07) is 4.25. The molecule has 2 rings (SSSR count). The van der Waals surface area contributed by atoms with Crippen LogP contribution in [0.2, 0.25) is 0 Å². The molecular formula is C11H14N2O4S. The molecule has 0 saturated heterocycles. The van der Waals surface area contributed by atoms with Crippen LogP contribution in [0.1, 0.15) is 17.3 Å². The lowest BCUT2D eigenvalue weighted by Gasteiger charge is -2.18. The largest absolute Gasteiger partial charge is 0.399 e. The van der Waals surface area contributed by atoms with E-state index >= 15 is 0 Å². The number of ether oxygens (including phenoxy) is 1. The molecule has 1 aromatic rings. The highest BCUT2D eigenvalue weighted by molar-refractivity contribution is 7.90. The number of nitrogens with zero attached hydrogens (tertiary/aromatic N) is 1. The quantitative estimate of drug-likeness (QED) is 0.805. The molecule has 0 radical (unpaired) electrons. The van der Waals surface area contributed by atoms with Gasteiger partial charge in [0.25, 0.3) is 15.9 Å². The predicted molar refractivity (Wildman–Crippen MR) is 65.5 cm³/mol. The summed E-state index contributed by atoms with van der Waals surface area (Å²) in [7, 11) is -2.34. The second-order valence-corrected chi connectivity index (χ2v) is 5.97. The molecule has 0 saturated carbocycles. The molecule has 0 aliphatic carbocycles. The highest BCUT2D eigenvalue weighted by Crippen LogP contribution is 2.31. The minimum atomic E-state index is -3.80. The molecule has 0 spiro atoms. The fourth-order valence-corrected chi connectivity index (χ4v) is 3.46. The zero-order chi connectivity index (χ0) is 13.5. The summed E-state index contributed by atoms with van der Waals surface area (Å²) in [5.41, 5.74) is 6.02. The summed E-state index contributed by atoms with van der Waals surface area (Å²) in [6.07, 6.45) is -0.365. The maximum Gasteiger partial charge on any atom is 0.269 e. The van der Waals surface area contributed by atoms with Gasteiger partial charge in [0, 0.05) is 12.8 Å². The van der Waals surface area contributed by atoms with Crippen molar-refractivity contribution in [3.63, 3.8) is 0 Å². The summed E-state index contributed by atoms with van der Waals surface area (Å²) in [5, 5.41) is 0. The van der Waals surface area contributed by atoms with Gasteiger partial charge in [0.05, 0.1) is 18.2 Å². The number of anilines is 1. The monoisotopic (exact) mass is 270 g/mol. The summed E-state index contributed by atoms with van der Waals surface area (Å²) >= 11 is 0. The van der Waals surface area contributed by atoms with Gasteiger partial charge >= 0.3 is 0 Å². The molecule has 18 heavy (non-hydrogen) atoms. The number of carbonyl (C=O) groups is 1. The Balaban J connectivity index is 2.48. The molecule has 1 amide bonds. The number of methoxy groups -OCH3 is 1. The van der Waals surface area contributed by atoms with Crippen molar-refractivity contribution in [1.29, 1.82) is 0 Å². The van der Waals surface area contributed by atoms with Gasteiger partial charge in [0.1, 0.15) is 4.90 Å². The summed E-state index contributed by atoms with van der Waals surface area (Å²) in [6.45, 7) is 1.69. The van der Waals surface area contributed by atoms with Crippen molar-refractivity contribution in [2.45, 2.75) is 17.9 Å². The highest BCUT2D eigenvalue weighted by Gasteiger charge is 2.41. The topological polar surface area (TPSA) is 89.7 Å². The molecule has 0 bridgehead atoms. The summed E-state index contributed by atoms with van der Waals surface area (Å²) in [5.74, 6) is -0.533. The van der Waals surface area contributed by atoms with Crippen molar-refractivity contribution in [1.82, 2.24) is 4.31 Å². The zero-order valence-corrected chi connectivity index (χ0v) is 10.9. The minimum Gasteiger partial charge on any atom is -0.399 e. The Morgan fingerprint density at radius 3 is 2.72 bits per heavy atom. The molecule has 98 valence electrons. The molecule has 6 nitrogen and oxygen atoms in total. The van der Waals surface area contributed by atoms with Gasteiger partial charge in [-0.05, 0) is 25.1 Å². The molecule has 0 aromatic heterocycles. The summed E-state index contributed by atoms with van der Waals surface area (Å²) in [4.78, 5) is 12.0. The summed E-state index contributed by atoms with van der Waals surface area (Å²) < 4.78 is 30.2. The molecule has 7 heteroatoms. The van der Waals surface area contributed by atoms with E-state index in [0.717, 1.165) is 4.31 Å². The highest BCUT2D eigenvalue weighted by atomic mass is 32.2. The van der Waals surface area contributed by atoms with Gasteiger partial charge in [-0.1, -0.05) is 0 Å². The average Bonchev–Trinajstić information content (AvgIpc) is 2.50. The average molecular weight is 270 g/mol. The molecular weight excluding hydrogens is 256 g/mol. The number of nitrogen functional groups attached to an aromatic ring is 1. The van der Waals surface area contributed by atoms with Crippen LogP contribution in [0, 0.1) is 0 Å². The van der Waals surface area contributed by atoms with Gasteiger partial charge in [-0.15, -0.1) is 0 Å². The number of amides is 1. The molecule has 1 unspecified atom stereocenters. The molecule has 1 heterocycles. The van der Waals surface area contributed by atoms with Crippen LogP contribution in [-0.2, 0) is 14.8 Å². The van der Waals surface area contributed by atoms with E-state index in [2.05, 4.69) is 0 Å². The second-order valence-electron chi connectivity index (χ2n) is 4.14. The third-order valence-corrected chi connectivity index (χ3v) is 4.64. The first kappa shape index (κ1) is 12.8. The Morgan fingerprint density at radius 1 is 1.44 bits per heavy atom. The van der Waals surface area contributed by atoms with Crippen LogP contribution in [0.3, 0.4) is 0 Å². The van der Waals surface area contributed by atoms with Gasteiger partial charge in [-0.25, -0.2) is 12.7 Å². The predicted octanol–water partition coefficient (Wildman–Crippen LogP) is 0.448. The lowest BCUT2D eigenvalue weighted by molar-refractivity contribution is 0.0722. The van der Waals surface area contributed by atoms with E-state index in [1.165, 1.54) is 25.3 Å². The van der Waals surface area contributed by atoms with E-state index in [1.807, 2.05) is 0 Å². The SMILES string of the molecule is COC(C)CN1C(=O)c2ccc(N)cc2S1(=O)=O. The maximum absolute atomic E-state index is 12.2. The van der Waals surface area contributed by atoms with Crippen molar-refractivity contribution >= 4 is 21.6 Å². The number of hydrogen-bond acceptors (Lipinski definition) is 5. The maximum atomic E-state index is 12.2. The molecule has 1 aromatic carbocycles. The normalized spacial score (nSPS) is 18.8. The van der Waals surface area contributed by atoms with Crippen LogP contribution in [0.5, 0.6) is 0 Å². The van der Waals surface area contributed by atoms with Crippen molar-refractivity contribution in [3.05, 3.63) is 23.8 Å². The lowest BCUT2D eigenvalue weighted by Crippen LogP contribution is -2.36. The van der Waals surface area contributed by atoms with E-state index in [-0.39, 0.29) is 23.1 Å². The fraction of sp³-hybridized carbons (Fsp3) is 0.364. The van der Waals surface area contributed by atoms with E-state index in [9.17, 15) is 13.2 Å². The fourth-order valence-electron chi connectivity index (χ4n) is 1.78.